The average molecular weight is 226 g/mol. The Morgan fingerprint density at radius 2 is 2.50 bits per heavy atom. The first-order valence-electron chi connectivity index (χ1n) is 4.28. The summed E-state index contributed by atoms with van der Waals surface area (Å²) in [6.45, 7) is 5.56. The van der Waals surface area contributed by atoms with E-state index < -0.39 is 7.65 Å². The van der Waals surface area contributed by atoms with Crippen molar-refractivity contribution in [3.63, 3.8) is 0 Å². The highest BCUT2D eigenvalue weighted by Crippen LogP contribution is 2.65. The zero-order valence-electron chi connectivity index (χ0n) is 7.38. The van der Waals surface area contributed by atoms with E-state index in [1.54, 1.807) is 0 Å². The second kappa shape index (κ2) is 3.33. The van der Waals surface area contributed by atoms with E-state index in [0.717, 1.165) is 15.1 Å². The Kier molecular flexibility index (Phi) is 2.67. The molecule has 0 radical (unpaired) electrons. The lowest BCUT2D eigenvalue weighted by atomic mass is 10.1. The van der Waals surface area contributed by atoms with E-state index in [0.29, 0.717) is 6.04 Å². The van der Waals surface area contributed by atoms with Gasteiger partial charge in [-0.25, -0.2) is 4.67 Å². The normalized spacial score (nSPS) is 49.2. The van der Waals surface area contributed by atoms with Gasteiger partial charge in [0.2, 0.25) is 7.65 Å². The molecule has 2 heterocycles. The fourth-order valence-corrected chi connectivity index (χ4v) is 5.89. The van der Waals surface area contributed by atoms with E-state index in [1.807, 2.05) is 0 Å². The van der Waals surface area contributed by atoms with Gasteiger partial charge in [-0.15, -0.1) is 0 Å². The first-order valence-corrected chi connectivity index (χ1v) is 7.89. The van der Waals surface area contributed by atoms with Gasteiger partial charge in [0.15, 0.2) is 0 Å². The third-order valence-corrected chi connectivity index (χ3v) is 6.63. The van der Waals surface area contributed by atoms with Crippen LogP contribution in [0.1, 0.15) is 19.8 Å². The molecule has 70 valence electrons. The first-order chi connectivity index (χ1) is 5.67. The zero-order valence-corrected chi connectivity index (χ0v) is 10.0. The standard InChI is InChI=1S/C7H14ClNOP2/c1-7(11-2)6-4-3-5-9(6)12(8)10-7/h6,11H,3-5H2,1-2H3/t6-,7?,12?/m0/s1. The molecule has 0 aromatic rings. The third kappa shape index (κ3) is 1.33. The number of rotatable bonds is 1. The predicted octanol–water partition coefficient (Wildman–Crippen LogP) is 2.97. The molecule has 3 unspecified atom stereocenters. The molecular weight excluding hydrogens is 211 g/mol. The maximum Gasteiger partial charge on any atom is 0.208 e. The summed E-state index contributed by atoms with van der Waals surface area (Å²) in [5.74, 6) is 0. The highest BCUT2D eigenvalue weighted by molar-refractivity contribution is 7.78. The summed E-state index contributed by atoms with van der Waals surface area (Å²) in [7, 11) is 0.0446. The molecule has 4 atom stereocenters. The predicted molar refractivity (Wildman–Crippen MR) is 56.2 cm³/mol. The van der Waals surface area contributed by atoms with Crippen LogP contribution in [0.4, 0.5) is 0 Å². The lowest BCUT2D eigenvalue weighted by Gasteiger charge is -2.26. The molecule has 0 spiro atoms. The van der Waals surface area contributed by atoms with Crippen LogP contribution in [0.3, 0.4) is 0 Å². The molecule has 0 amide bonds. The fraction of sp³-hybridized carbons (Fsp3) is 1.00. The number of halogens is 1. The molecule has 2 aliphatic heterocycles. The van der Waals surface area contributed by atoms with Crippen LogP contribution in [0.5, 0.6) is 0 Å². The summed E-state index contributed by atoms with van der Waals surface area (Å²) in [4.78, 5) is 0. The van der Waals surface area contributed by atoms with Crippen LogP contribution >= 0.6 is 27.5 Å². The minimum Gasteiger partial charge on any atom is -0.319 e. The van der Waals surface area contributed by atoms with Crippen LogP contribution in [0.25, 0.3) is 0 Å². The molecule has 0 N–H and O–H groups in total. The number of hydrogen-bond donors (Lipinski definition) is 0. The van der Waals surface area contributed by atoms with Crippen LogP contribution in [0.15, 0.2) is 0 Å². The van der Waals surface area contributed by atoms with Gasteiger partial charge in [0.05, 0.1) is 0 Å². The molecular formula is C7H14ClNOP2. The van der Waals surface area contributed by atoms with Gasteiger partial charge in [0.25, 0.3) is 0 Å². The van der Waals surface area contributed by atoms with Crippen LogP contribution in [0.2, 0.25) is 0 Å². The highest BCUT2D eigenvalue weighted by Gasteiger charge is 2.51. The lowest BCUT2D eigenvalue weighted by Crippen LogP contribution is -2.34. The van der Waals surface area contributed by atoms with Gasteiger partial charge in [-0.3, -0.25) is 0 Å². The molecule has 5 heteroatoms. The summed E-state index contributed by atoms with van der Waals surface area (Å²) in [6.07, 6.45) is 2.56. The van der Waals surface area contributed by atoms with Crippen molar-refractivity contribution in [2.45, 2.75) is 31.1 Å². The van der Waals surface area contributed by atoms with Crippen LogP contribution in [-0.4, -0.2) is 29.3 Å². The van der Waals surface area contributed by atoms with Crippen molar-refractivity contribution in [3.8, 4) is 0 Å². The second-order valence-electron chi connectivity index (χ2n) is 3.50. The molecule has 2 aliphatic rings. The molecule has 0 aromatic carbocycles. The molecule has 2 nitrogen and oxygen atoms in total. The van der Waals surface area contributed by atoms with Gasteiger partial charge >= 0.3 is 0 Å². The van der Waals surface area contributed by atoms with Gasteiger partial charge in [0, 0.05) is 12.6 Å². The van der Waals surface area contributed by atoms with Gasteiger partial charge in [-0.1, -0.05) is 8.58 Å². The molecule has 0 aliphatic carbocycles. The first kappa shape index (κ1) is 9.62. The van der Waals surface area contributed by atoms with Crippen molar-refractivity contribution >= 4 is 27.5 Å². The van der Waals surface area contributed by atoms with Gasteiger partial charge in [0.1, 0.15) is 5.34 Å². The van der Waals surface area contributed by atoms with Gasteiger partial charge < -0.3 is 4.52 Å². The van der Waals surface area contributed by atoms with Crippen LogP contribution in [0, 0.1) is 0 Å². The smallest absolute Gasteiger partial charge is 0.208 e. The minimum absolute atomic E-state index is 0.0595. The van der Waals surface area contributed by atoms with E-state index in [4.69, 9.17) is 15.8 Å². The van der Waals surface area contributed by atoms with Gasteiger partial charge in [-0.05, 0) is 37.7 Å². The Labute approximate surface area is 81.4 Å². The van der Waals surface area contributed by atoms with E-state index in [9.17, 15) is 0 Å². The Morgan fingerprint density at radius 1 is 1.75 bits per heavy atom. The summed E-state index contributed by atoms with van der Waals surface area (Å²) < 4.78 is 8.19. The van der Waals surface area contributed by atoms with Crippen molar-refractivity contribution in [2.75, 3.05) is 13.2 Å². The van der Waals surface area contributed by atoms with Crippen LogP contribution < -0.4 is 0 Å². The second-order valence-corrected chi connectivity index (χ2v) is 7.00. The summed E-state index contributed by atoms with van der Waals surface area (Å²) in [5, 5.41) is 0.0595. The zero-order chi connectivity index (χ0) is 8.77. The highest BCUT2D eigenvalue weighted by atomic mass is 35.7. The Bertz CT molecular complexity index is 194. The SMILES string of the molecule is CPC1(C)OP(Cl)N2CCC[C@H]21. The minimum atomic E-state index is -0.787. The maximum atomic E-state index is 6.15. The molecule has 0 aromatic heterocycles. The third-order valence-electron chi connectivity index (χ3n) is 2.82. The molecule has 12 heavy (non-hydrogen) atoms. The summed E-state index contributed by atoms with van der Waals surface area (Å²) in [6, 6.07) is 0.601. The maximum absolute atomic E-state index is 6.15. The Hall–Kier alpha value is 1.07. The van der Waals surface area contributed by atoms with E-state index in [1.165, 1.54) is 12.8 Å². The number of nitrogens with zero attached hydrogens (tertiary/aromatic N) is 1. The monoisotopic (exact) mass is 225 g/mol. The quantitative estimate of drug-likeness (QED) is 0.636. The van der Waals surface area contributed by atoms with E-state index >= 15 is 0 Å². The van der Waals surface area contributed by atoms with Crippen molar-refractivity contribution < 1.29 is 4.52 Å². The van der Waals surface area contributed by atoms with Crippen LogP contribution in [-0.2, 0) is 4.52 Å². The van der Waals surface area contributed by atoms with E-state index in [-0.39, 0.29) is 5.34 Å². The Balaban J connectivity index is 2.19. The Morgan fingerprint density at radius 3 is 3.17 bits per heavy atom. The van der Waals surface area contributed by atoms with Crippen molar-refractivity contribution in [1.29, 1.82) is 0 Å². The molecule has 2 saturated heterocycles. The van der Waals surface area contributed by atoms with Crippen molar-refractivity contribution in [1.82, 2.24) is 4.67 Å². The van der Waals surface area contributed by atoms with Gasteiger partial charge in [-0.2, -0.15) is 0 Å². The van der Waals surface area contributed by atoms with Crippen molar-refractivity contribution in [2.24, 2.45) is 0 Å². The summed E-state index contributed by atoms with van der Waals surface area (Å²) in [5.41, 5.74) is 0. The summed E-state index contributed by atoms with van der Waals surface area (Å²) >= 11 is 6.15. The molecule has 0 saturated carbocycles. The largest absolute Gasteiger partial charge is 0.319 e. The number of hydrogen-bond acceptors (Lipinski definition) is 2. The average Bonchev–Trinajstić information content (AvgIpc) is 2.58. The van der Waals surface area contributed by atoms with E-state index in [2.05, 4.69) is 18.3 Å². The lowest BCUT2D eigenvalue weighted by molar-refractivity contribution is 0.191. The van der Waals surface area contributed by atoms with Crippen molar-refractivity contribution in [3.05, 3.63) is 0 Å². The molecule has 2 fully saturated rings. The fourth-order valence-electron chi connectivity index (χ4n) is 1.98. The molecule has 0 bridgehead atoms. The number of fused-ring (bicyclic) bond motifs is 1. The topological polar surface area (TPSA) is 12.5 Å². The molecule has 2 rings (SSSR count).